The molecule has 1 fully saturated rings. The van der Waals surface area contributed by atoms with Crippen molar-refractivity contribution in [3.8, 4) is 5.88 Å². The van der Waals surface area contributed by atoms with Gasteiger partial charge < -0.3 is 15.0 Å². The zero-order valence-electron chi connectivity index (χ0n) is 15.8. The molecule has 0 bridgehead atoms. The summed E-state index contributed by atoms with van der Waals surface area (Å²) in [6, 6.07) is 10.7. The molecule has 2 heterocycles. The first-order chi connectivity index (χ1) is 12.1. The lowest BCUT2D eigenvalue weighted by Gasteiger charge is -2.19. The number of aromatic nitrogens is 2. The normalized spacial score (nSPS) is 17.5. The van der Waals surface area contributed by atoms with Crippen LogP contribution < -0.4 is 15.0 Å². The molecule has 3 rings (SSSR count). The molecule has 0 saturated carbocycles. The summed E-state index contributed by atoms with van der Waals surface area (Å²) in [4.78, 5) is 2.48. The number of aryl methyl sites for hydroxylation is 1. The Kier molecular flexibility index (Phi) is 5.63. The Bertz CT molecular complexity index is 681. The number of para-hydroxylation sites is 1. The molecule has 136 valence electrons. The Morgan fingerprint density at radius 1 is 1.28 bits per heavy atom. The van der Waals surface area contributed by atoms with E-state index in [1.807, 2.05) is 11.7 Å². The van der Waals surface area contributed by atoms with Crippen molar-refractivity contribution in [2.24, 2.45) is 13.0 Å². The molecular formula is C20H30N4O. The average Bonchev–Trinajstić information content (AvgIpc) is 3.20. The van der Waals surface area contributed by atoms with E-state index >= 15 is 0 Å². The molecular weight excluding hydrogens is 312 g/mol. The van der Waals surface area contributed by atoms with Crippen molar-refractivity contribution in [1.29, 1.82) is 0 Å². The molecule has 0 radical (unpaired) electrons. The molecule has 2 aromatic rings. The summed E-state index contributed by atoms with van der Waals surface area (Å²) >= 11 is 0. The summed E-state index contributed by atoms with van der Waals surface area (Å²) in [7, 11) is 3.67. The van der Waals surface area contributed by atoms with E-state index in [9.17, 15) is 0 Å². The van der Waals surface area contributed by atoms with Gasteiger partial charge in [-0.1, -0.05) is 32.0 Å². The van der Waals surface area contributed by atoms with Crippen LogP contribution in [0.25, 0.3) is 0 Å². The molecule has 0 aliphatic carbocycles. The maximum Gasteiger partial charge on any atom is 0.216 e. The zero-order chi connectivity index (χ0) is 17.8. The van der Waals surface area contributed by atoms with Gasteiger partial charge in [0.05, 0.1) is 18.4 Å². The van der Waals surface area contributed by atoms with Crippen molar-refractivity contribution in [2.75, 3.05) is 31.6 Å². The first-order valence-electron chi connectivity index (χ1n) is 9.20. The predicted molar refractivity (Wildman–Crippen MR) is 102 cm³/mol. The van der Waals surface area contributed by atoms with Crippen molar-refractivity contribution in [3.63, 3.8) is 0 Å². The highest BCUT2D eigenvalue weighted by Crippen LogP contribution is 2.27. The summed E-state index contributed by atoms with van der Waals surface area (Å²) in [6.07, 6.45) is 1.24. The maximum absolute atomic E-state index is 5.56. The Morgan fingerprint density at radius 3 is 2.72 bits per heavy atom. The van der Waals surface area contributed by atoms with Gasteiger partial charge in [0.15, 0.2) is 0 Å². The van der Waals surface area contributed by atoms with Crippen LogP contribution in [0.1, 0.15) is 37.4 Å². The first-order valence-corrected chi connectivity index (χ1v) is 9.20. The third kappa shape index (κ3) is 3.98. The van der Waals surface area contributed by atoms with Crippen molar-refractivity contribution >= 4 is 5.69 Å². The van der Waals surface area contributed by atoms with Crippen LogP contribution in [0.4, 0.5) is 5.69 Å². The second-order valence-electron chi connectivity index (χ2n) is 7.22. The predicted octanol–water partition coefficient (Wildman–Crippen LogP) is 3.17. The van der Waals surface area contributed by atoms with Gasteiger partial charge in [-0.2, -0.15) is 5.10 Å². The van der Waals surface area contributed by atoms with Crippen LogP contribution in [0, 0.1) is 5.92 Å². The van der Waals surface area contributed by atoms with Crippen LogP contribution in [0.3, 0.4) is 0 Å². The monoisotopic (exact) mass is 342 g/mol. The molecule has 0 amide bonds. The summed E-state index contributed by atoms with van der Waals surface area (Å²) in [6.45, 7) is 8.47. The first kappa shape index (κ1) is 17.8. The Labute approximate surface area is 151 Å². The molecule has 1 N–H and O–H groups in total. The van der Waals surface area contributed by atoms with E-state index < -0.39 is 0 Å². The standard InChI is InChI=1S/C20H30N4O/c1-15(2)19-18(20(25-4)23(3)22-19)13-21-12-16-10-11-24(14-16)17-8-6-5-7-9-17/h5-9,15-16,21H,10-14H2,1-4H3/t16-/m0/s1. The van der Waals surface area contributed by atoms with Crippen molar-refractivity contribution in [1.82, 2.24) is 15.1 Å². The van der Waals surface area contributed by atoms with Crippen LogP contribution in [-0.4, -0.2) is 36.5 Å². The SMILES string of the molecule is COc1c(CNC[C@@H]2CCN(c3ccccc3)C2)c(C(C)C)nn1C. The molecule has 1 saturated heterocycles. The minimum Gasteiger partial charge on any atom is -0.481 e. The van der Waals surface area contributed by atoms with Gasteiger partial charge in [0.2, 0.25) is 5.88 Å². The van der Waals surface area contributed by atoms with E-state index in [0.717, 1.165) is 37.8 Å². The van der Waals surface area contributed by atoms with Crippen LogP contribution in [-0.2, 0) is 13.6 Å². The van der Waals surface area contributed by atoms with Crippen molar-refractivity contribution in [3.05, 3.63) is 41.6 Å². The molecule has 1 aliphatic heterocycles. The van der Waals surface area contributed by atoms with Crippen LogP contribution in [0.5, 0.6) is 5.88 Å². The summed E-state index contributed by atoms with van der Waals surface area (Å²) in [5.41, 5.74) is 3.66. The minimum atomic E-state index is 0.395. The Morgan fingerprint density at radius 2 is 2.04 bits per heavy atom. The average molecular weight is 342 g/mol. The number of benzene rings is 1. The highest BCUT2D eigenvalue weighted by molar-refractivity contribution is 5.46. The molecule has 0 unspecified atom stereocenters. The molecule has 5 heteroatoms. The van der Waals surface area contributed by atoms with Gasteiger partial charge in [-0.25, -0.2) is 4.68 Å². The molecule has 1 aromatic carbocycles. The number of ether oxygens (including phenoxy) is 1. The number of nitrogens with zero attached hydrogens (tertiary/aromatic N) is 3. The van der Waals surface area contributed by atoms with Gasteiger partial charge >= 0.3 is 0 Å². The van der Waals surface area contributed by atoms with E-state index in [2.05, 4.69) is 59.5 Å². The van der Waals surface area contributed by atoms with Gasteiger partial charge in [0, 0.05) is 38.9 Å². The Balaban J connectivity index is 1.56. The zero-order valence-corrected chi connectivity index (χ0v) is 15.8. The molecule has 1 aliphatic rings. The Hall–Kier alpha value is -2.01. The van der Waals surface area contributed by atoms with Crippen LogP contribution in [0.15, 0.2) is 30.3 Å². The smallest absolute Gasteiger partial charge is 0.216 e. The van der Waals surface area contributed by atoms with Crippen LogP contribution in [0.2, 0.25) is 0 Å². The van der Waals surface area contributed by atoms with Gasteiger partial charge in [-0.15, -0.1) is 0 Å². The van der Waals surface area contributed by atoms with Crippen LogP contribution >= 0.6 is 0 Å². The highest BCUT2D eigenvalue weighted by atomic mass is 16.5. The summed E-state index contributed by atoms with van der Waals surface area (Å²) in [5.74, 6) is 1.95. The molecule has 5 nitrogen and oxygen atoms in total. The van der Waals surface area contributed by atoms with Gasteiger partial charge in [-0.3, -0.25) is 0 Å². The van der Waals surface area contributed by atoms with E-state index in [1.165, 1.54) is 17.7 Å². The fourth-order valence-corrected chi connectivity index (χ4v) is 3.73. The third-order valence-corrected chi connectivity index (χ3v) is 5.00. The second kappa shape index (κ2) is 7.91. The third-order valence-electron chi connectivity index (χ3n) is 5.00. The lowest BCUT2D eigenvalue weighted by atomic mass is 10.1. The van der Waals surface area contributed by atoms with Crippen molar-refractivity contribution < 1.29 is 4.74 Å². The quantitative estimate of drug-likeness (QED) is 0.839. The number of nitrogens with one attached hydrogen (secondary N) is 1. The van der Waals surface area contributed by atoms with E-state index in [-0.39, 0.29) is 0 Å². The topological polar surface area (TPSA) is 42.3 Å². The minimum absolute atomic E-state index is 0.395. The number of methoxy groups -OCH3 is 1. The van der Waals surface area contributed by atoms with E-state index in [0.29, 0.717) is 11.8 Å². The van der Waals surface area contributed by atoms with E-state index in [1.54, 1.807) is 7.11 Å². The fourth-order valence-electron chi connectivity index (χ4n) is 3.73. The van der Waals surface area contributed by atoms with Gasteiger partial charge in [0.25, 0.3) is 0 Å². The second-order valence-corrected chi connectivity index (χ2v) is 7.22. The highest BCUT2D eigenvalue weighted by Gasteiger charge is 2.23. The van der Waals surface area contributed by atoms with Gasteiger partial charge in [-0.05, 0) is 30.4 Å². The molecule has 1 aromatic heterocycles. The van der Waals surface area contributed by atoms with E-state index in [4.69, 9.17) is 4.74 Å². The fraction of sp³-hybridized carbons (Fsp3) is 0.550. The lowest BCUT2D eigenvalue weighted by molar-refractivity contribution is 0.367. The number of hydrogen-bond acceptors (Lipinski definition) is 4. The molecule has 1 atom stereocenters. The van der Waals surface area contributed by atoms with Crippen molar-refractivity contribution in [2.45, 2.75) is 32.7 Å². The molecule has 0 spiro atoms. The van der Waals surface area contributed by atoms with Gasteiger partial charge in [0.1, 0.15) is 0 Å². The largest absolute Gasteiger partial charge is 0.481 e. The lowest BCUT2D eigenvalue weighted by Crippen LogP contribution is -2.26. The number of rotatable bonds is 7. The number of hydrogen-bond donors (Lipinski definition) is 1. The maximum atomic E-state index is 5.56. The number of anilines is 1. The molecule has 25 heavy (non-hydrogen) atoms. The summed E-state index contributed by atoms with van der Waals surface area (Å²) in [5, 5.41) is 8.27. The summed E-state index contributed by atoms with van der Waals surface area (Å²) < 4.78 is 7.40.